The van der Waals surface area contributed by atoms with Crippen LogP contribution in [0.15, 0.2) is 18.2 Å². The fourth-order valence-corrected chi connectivity index (χ4v) is 2.32. The zero-order chi connectivity index (χ0) is 14.3. The zero-order valence-electron chi connectivity index (χ0n) is 11.8. The number of amides is 1. The van der Waals surface area contributed by atoms with Crippen LogP contribution in [0.25, 0.3) is 0 Å². The fraction of sp³-hybridized carbons (Fsp3) is 0.500. The number of hydrogen-bond acceptors (Lipinski definition) is 4. The zero-order valence-corrected chi connectivity index (χ0v) is 12.6. The predicted molar refractivity (Wildman–Crippen MR) is 84.9 cm³/mol. The van der Waals surface area contributed by atoms with E-state index in [2.05, 4.69) is 23.8 Å². The standard InChI is InChI=1S/C14H23N3OS/c1-4-16-14(18)11-5-6-13(12(15)9-11)17-10(2)7-8-19-3/h5-6,9-10,17H,4,7-8,15H2,1-3H3,(H,16,18). The first kappa shape index (κ1) is 15.7. The summed E-state index contributed by atoms with van der Waals surface area (Å²) in [6.45, 7) is 4.64. The average molecular weight is 281 g/mol. The molecule has 0 saturated heterocycles. The number of anilines is 2. The van der Waals surface area contributed by atoms with Gasteiger partial charge in [0.1, 0.15) is 0 Å². The Morgan fingerprint density at radius 3 is 2.79 bits per heavy atom. The number of carbonyl (C=O) groups excluding carboxylic acids is 1. The first-order chi connectivity index (χ1) is 9.08. The van der Waals surface area contributed by atoms with Gasteiger partial charge in [0, 0.05) is 18.2 Å². The molecule has 1 amide bonds. The second kappa shape index (κ2) is 7.94. The average Bonchev–Trinajstić information content (AvgIpc) is 2.39. The quantitative estimate of drug-likeness (QED) is 0.672. The Balaban J connectivity index is 2.69. The molecule has 0 radical (unpaired) electrons. The summed E-state index contributed by atoms with van der Waals surface area (Å²) in [7, 11) is 0. The van der Waals surface area contributed by atoms with Crippen molar-refractivity contribution in [1.82, 2.24) is 5.32 Å². The summed E-state index contributed by atoms with van der Waals surface area (Å²) in [4.78, 5) is 11.7. The van der Waals surface area contributed by atoms with E-state index in [9.17, 15) is 4.79 Å². The lowest BCUT2D eigenvalue weighted by molar-refractivity contribution is 0.0956. The van der Waals surface area contributed by atoms with Crippen molar-refractivity contribution in [3.05, 3.63) is 23.8 Å². The van der Waals surface area contributed by atoms with Crippen molar-refractivity contribution in [3.8, 4) is 0 Å². The van der Waals surface area contributed by atoms with E-state index in [4.69, 9.17) is 5.73 Å². The predicted octanol–water partition coefficient (Wildman–Crippen LogP) is 2.57. The van der Waals surface area contributed by atoms with E-state index in [1.165, 1.54) is 0 Å². The van der Waals surface area contributed by atoms with Gasteiger partial charge in [0.15, 0.2) is 0 Å². The molecule has 1 atom stereocenters. The summed E-state index contributed by atoms with van der Waals surface area (Å²) in [5.41, 5.74) is 8.08. The number of thioether (sulfide) groups is 1. The van der Waals surface area contributed by atoms with Crippen LogP contribution in [0.5, 0.6) is 0 Å². The van der Waals surface area contributed by atoms with Gasteiger partial charge in [-0.05, 0) is 50.5 Å². The van der Waals surface area contributed by atoms with Crippen molar-refractivity contribution in [3.63, 3.8) is 0 Å². The van der Waals surface area contributed by atoms with Crippen LogP contribution in [0, 0.1) is 0 Å². The maximum absolute atomic E-state index is 11.7. The Morgan fingerprint density at radius 1 is 1.47 bits per heavy atom. The molecule has 106 valence electrons. The second-order valence-corrected chi connectivity index (χ2v) is 5.47. The van der Waals surface area contributed by atoms with Crippen LogP contribution in [-0.2, 0) is 0 Å². The highest BCUT2D eigenvalue weighted by Crippen LogP contribution is 2.21. The van der Waals surface area contributed by atoms with Crippen LogP contribution in [0.4, 0.5) is 11.4 Å². The highest BCUT2D eigenvalue weighted by molar-refractivity contribution is 7.98. The van der Waals surface area contributed by atoms with E-state index < -0.39 is 0 Å². The van der Waals surface area contributed by atoms with Gasteiger partial charge in [-0.3, -0.25) is 4.79 Å². The van der Waals surface area contributed by atoms with Crippen molar-refractivity contribution in [2.45, 2.75) is 26.3 Å². The summed E-state index contributed by atoms with van der Waals surface area (Å²) < 4.78 is 0. The molecule has 0 fully saturated rings. The molecule has 5 heteroatoms. The van der Waals surface area contributed by atoms with Gasteiger partial charge >= 0.3 is 0 Å². The van der Waals surface area contributed by atoms with Crippen LogP contribution < -0.4 is 16.4 Å². The van der Waals surface area contributed by atoms with Gasteiger partial charge in [-0.15, -0.1) is 0 Å². The molecule has 19 heavy (non-hydrogen) atoms. The van der Waals surface area contributed by atoms with Crippen molar-refractivity contribution < 1.29 is 4.79 Å². The molecule has 0 aliphatic heterocycles. The number of hydrogen-bond donors (Lipinski definition) is 3. The Labute approximate surface area is 119 Å². The third kappa shape index (κ3) is 5.03. The van der Waals surface area contributed by atoms with Crippen LogP contribution in [0.3, 0.4) is 0 Å². The smallest absolute Gasteiger partial charge is 0.251 e. The van der Waals surface area contributed by atoms with Crippen LogP contribution in [0.2, 0.25) is 0 Å². The lowest BCUT2D eigenvalue weighted by atomic mass is 10.1. The van der Waals surface area contributed by atoms with Gasteiger partial charge in [-0.2, -0.15) is 11.8 Å². The Morgan fingerprint density at radius 2 is 2.21 bits per heavy atom. The molecule has 1 unspecified atom stereocenters. The van der Waals surface area contributed by atoms with Crippen molar-refractivity contribution in [2.24, 2.45) is 0 Å². The van der Waals surface area contributed by atoms with Crippen molar-refractivity contribution in [2.75, 3.05) is 29.6 Å². The Hall–Kier alpha value is -1.36. The van der Waals surface area contributed by atoms with Gasteiger partial charge in [-0.1, -0.05) is 0 Å². The van der Waals surface area contributed by atoms with Gasteiger partial charge in [0.05, 0.1) is 11.4 Å². The van der Waals surface area contributed by atoms with Gasteiger partial charge in [-0.25, -0.2) is 0 Å². The van der Waals surface area contributed by atoms with Crippen LogP contribution >= 0.6 is 11.8 Å². The molecule has 0 bridgehead atoms. The third-order valence-corrected chi connectivity index (χ3v) is 3.45. The van der Waals surface area contributed by atoms with E-state index in [1.807, 2.05) is 24.8 Å². The van der Waals surface area contributed by atoms with Gasteiger partial charge < -0.3 is 16.4 Å². The van der Waals surface area contributed by atoms with Gasteiger partial charge in [0.2, 0.25) is 0 Å². The summed E-state index contributed by atoms with van der Waals surface area (Å²) >= 11 is 1.83. The molecule has 4 nitrogen and oxygen atoms in total. The lowest BCUT2D eigenvalue weighted by Crippen LogP contribution is -2.23. The minimum atomic E-state index is -0.0869. The normalized spacial score (nSPS) is 11.9. The minimum Gasteiger partial charge on any atom is -0.397 e. The molecule has 0 aliphatic carbocycles. The molecule has 1 aromatic carbocycles. The maximum Gasteiger partial charge on any atom is 0.251 e. The van der Waals surface area contributed by atoms with E-state index in [1.54, 1.807) is 12.1 Å². The topological polar surface area (TPSA) is 67.2 Å². The Kier molecular flexibility index (Phi) is 6.56. The highest BCUT2D eigenvalue weighted by Gasteiger charge is 2.09. The number of carbonyl (C=O) groups is 1. The Bertz CT molecular complexity index is 423. The molecule has 4 N–H and O–H groups in total. The lowest BCUT2D eigenvalue weighted by Gasteiger charge is -2.17. The molecule has 0 saturated carbocycles. The number of benzene rings is 1. The van der Waals surface area contributed by atoms with Crippen molar-refractivity contribution >= 4 is 29.0 Å². The molecular weight excluding hydrogens is 258 g/mol. The van der Waals surface area contributed by atoms with E-state index in [0.29, 0.717) is 23.8 Å². The van der Waals surface area contributed by atoms with Crippen LogP contribution in [0.1, 0.15) is 30.6 Å². The van der Waals surface area contributed by atoms with E-state index in [0.717, 1.165) is 17.9 Å². The number of nitrogens with two attached hydrogens (primary N) is 1. The van der Waals surface area contributed by atoms with Gasteiger partial charge in [0.25, 0.3) is 5.91 Å². The van der Waals surface area contributed by atoms with Crippen LogP contribution in [-0.4, -0.2) is 30.5 Å². The molecule has 0 aromatic heterocycles. The number of rotatable bonds is 7. The molecule has 0 aliphatic rings. The minimum absolute atomic E-state index is 0.0869. The molecule has 0 heterocycles. The summed E-state index contributed by atoms with van der Waals surface area (Å²) in [5.74, 6) is 1.03. The first-order valence-corrected chi connectivity index (χ1v) is 7.91. The molecule has 1 rings (SSSR count). The summed E-state index contributed by atoms with van der Waals surface area (Å²) in [6, 6.07) is 5.75. The molecular formula is C14H23N3OS. The molecule has 1 aromatic rings. The van der Waals surface area contributed by atoms with E-state index in [-0.39, 0.29) is 5.91 Å². The van der Waals surface area contributed by atoms with Crippen molar-refractivity contribution in [1.29, 1.82) is 0 Å². The monoisotopic (exact) mass is 281 g/mol. The fourth-order valence-electron chi connectivity index (χ4n) is 1.73. The second-order valence-electron chi connectivity index (χ2n) is 4.49. The number of nitrogens with one attached hydrogen (secondary N) is 2. The number of nitrogen functional groups attached to an aromatic ring is 1. The highest BCUT2D eigenvalue weighted by atomic mass is 32.2. The molecule has 0 spiro atoms. The summed E-state index contributed by atoms with van der Waals surface area (Å²) in [5, 5.41) is 6.13. The maximum atomic E-state index is 11.7. The largest absolute Gasteiger partial charge is 0.397 e. The first-order valence-electron chi connectivity index (χ1n) is 6.51. The summed E-state index contributed by atoms with van der Waals surface area (Å²) in [6.07, 6.45) is 3.18. The SMILES string of the molecule is CCNC(=O)c1ccc(NC(C)CCSC)c(N)c1. The van der Waals surface area contributed by atoms with E-state index >= 15 is 0 Å². The third-order valence-electron chi connectivity index (χ3n) is 2.81.